The Labute approximate surface area is 106 Å². The summed E-state index contributed by atoms with van der Waals surface area (Å²) in [6.45, 7) is 2.02. The van der Waals surface area contributed by atoms with Crippen LogP contribution in [0.15, 0.2) is 24.3 Å². The van der Waals surface area contributed by atoms with Gasteiger partial charge in [0.05, 0.1) is 5.69 Å². The van der Waals surface area contributed by atoms with Crippen LogP contribution in [-0.2, 0) is 11.2 Å². The summed E-state index contributed by atoms with van der Waals surface area (Å²) >= 11 is 0. The Balaban J connectivity index is 1.89. The number of hydrogen-bond donors (Lipinski definition) is 3. The smallest absolute Gasteiger partial charge is 0.332 e. The maximum atomic E-state index is 10.5. The van der Waals surface area contributed by atoms with Crippen LogP contribution < -0.4 is 10.4 Å². The minimum Gasteiger partial charge on any atom is -0.479 e. The van der Waals surface area contributed by atoms with Gasteiger partial charge in [-0.2, -0.15) is 0 Å². The average molecular weight is 250 g/mol. The number of aliphatic hydroxyl groups excluding tert-OH is 1. The van der Waals surface area contributed by atoms with E-state index in [9.17, 15) is 9.90 Å². The van der Waals surface area contributed by atoms with Crippen molar-refractivity contribution in [2.24, 2.45) is 0 Å². The van der Waals surface area contributed by atoms with Crippen LogP contribution in [0.4, 0.5) is 5.69 Å². The molecule has 5 nitrogen and oxygen atoms in total. The van der Waals surface area contributed by atoms with Crippen molar-refractivity contribution in [1.82, 2.24) is 5.43 Å². The number of carbonyl (C=O) groups is 1. The fraction of sp³-hybridized carbons (Fsp3) is 0.462. The van der Waals surface area contributed by atoms with Crippen LogP contribution >= 0.6 is 0 Å². The summed E-state index contributed by atoms with van der Waals surface area (Å²) in [5, 5.41) is 19.9. The van der Waals surface area contributed by atoms with E-state index < -0.39 is 12.1 Å². The predicted octanol–water partition coefficient (Wildman–Crippen LogP) is 0.779. The van der Waals surface area contributed by atoms with Crippen molar-refractivity contribution in [3.05, 3.63) is 29.8 Å². The van der Waals surface area contributed by atoms with Crippen molar-refractivity contribution in [3.8, 4) is 0 Å². The van der Waals surface area contributed by atoms with Gasteiger partial charge in [0.1, 0.15) is 0 Å². The average Bonchev–Trinajstić information content (AvgIpc) is 2.90. The molecular weight excluding hydrogens is 232 g/mol. The number of benzene rings is 1. The highest BCUT2D eigenvalue weighted by molar-refractivity contribution is 5.71. The lowest BCUT2D eigenvalue weighted by Crippen LogP contribution is -2.30. The highest BCUT2D eigenvalue weighted by Crippen LogP contribution is 2.17. The molecule has 0 amide bonds. The minimum absolute atomic E-state index is 0.247. The second kappa shape index (κ2) is 5.84. The van der Waals surface area contributed by atoms with E-state index in [-0.39, 0.29) is 6.42 Å². The number of hydrogen-bond acceptors (Lipinski definition) is 4. The third-order valence-corrected chi connectivity index (χ3v) is 3.10. The molecule has 2 rings (SSSR count). The van der Waals surface area contributed by atoms with Crippen LogP contribution in [0.25, 0.3) is 0 Å². The highest BCUT2D eigenvalue weighted by Gasteiger charge is 2.13. The van der Waals surface area contributed by atoms with Gasteiger partial charge in [-0.1, -0.05) is 12.1 Å². The number of aliphatic hydroxyl groups is 1. The van der Waals surface area contributed by atoms with Gasteiger partial charge in [0, 0.05) is 13.1 Å². The van der Waals surface area contributed by atoms with Crippen molar-refractivity contribution < 1.29 is 15.0 Å². The molecule has 1 aromatic carbocycles. The number of aryl methyl sites for hydroxylation is 1. The predicted molar refractivity (Wildman–Crippen MR) is 68.4 cm³/mol. The summed E-state index contributed by atoms with van der Waals surface area (Å²) in [6.07, 6.45) is 0.689. The van der Waals surface area contributed by atoms with Gasteiger partial charge in [0.2, 0.25) is 0 Å². The molecule has 98 valence electrons. The molecule has 1 fully saturated rings. The number of nitrogens with one attached hydrogen (secondary N) is 1. The van der Waals surface area contributed by atoms with Crippen molar-refractivity contribution >= 4 is 11.7 Å². The second-order valence-electron chi connectivity index (χ2n) is 4.47. The number of rotatable bonds is 5. The van der Waals surface area contributed by atoms with Crippen molar-refractivity contribution in [2.75, 3.05) is 18.1 Å². The van der Waals surface area contributed by atoms with Gasteiger partial charge in [-0.15, -0.1) is 0 Å². The Kier molecular flexibility index (Phi) is 4.17. The summed E-state index contributed by atoms with van der Waals surface area (Å²) in [5.74, 6) is -1.16. The number of hydrazine groups is 1. The molecule has 0 saturated carbocycles. The summed E-state index contributed by atoms with van der Waals surface area (Å²) in [5.41, 5.74) is 5.43. The zero-order valence-corrected chi connectivity index (χ0v) is 10.2. The van der Waals surface area contributed by atoms with E-state index >= 15 is 0 Å². The van der Waals surface area contributed by atoms with Crippen LogP contribution in [0.2, 0.25) is 0 Å². The van der Waals surface area contributed by atoms with Crippen molar-refractivity contribution in [1.29, 1.82) is 0 Å². The molecule has 1 aliphatic heterocycles. The first-order valence-corrected chi connectivity index (χ1v) is 6.17. The molecule has 0 radical (unpaired) electrons. The molecule has 0 bridgehead atoms. The molecule has 0 spiro atoms. The molecule has 1 unspecified atom stereocenters. The van der Waals surface area contributed by atoms with Crippen LogP contribution in [0.3, 0.4) is 0 Å². The normalized spacial score (nSPS) is 16.8. The standard InChI is InChI=1S/C13H18N2O3/c16-12(13(17)18)7-4-10-2-5-11(6-3-10)15-9-1-8-14-15/h2-3,5-6,12,14,16H,1,4,7-9H2,(H,17,18). The van der Waals surface area contributed by atoms with Gasteiger partial charge < -0.3 is 15.2 Å². The van der Waals surface area contributed by atoms with E-state index in [2.05, 4.69) is 10.4 Å². The Morgan fingerprint density at radius 1 is 1.39 bits per heavy atom. The van der Waals surface area contributed by atoms with Crippen LogP contribution in [-0.4, -0.2) is 35.4 Å². The molecule has 5 heteroatoms. The molecule has 1 saturated heterocycles. The molecule has 0 aromatic heterocycles. The maximum absolute atomic E-state index is 10.5. The Morgan fingerprint density at radius 3 is 2.67 bits per heavy atom. The Hall–Kier alpha value is -1.59. The number of nitrogens with zero attached hydrogens (tertiary/aromatic N) is 1. The Morgan fingerprint density at radius 2 is 2.11 bits per heavy atom. The van der Waals surface area contributed by atoms with Gasteiger partial charge in [0.15, 0.2) is 6.10 Å². The van der Waals surface area contributed by atoms with Gasteiger partial charge in [0.25, 0.3) is 0 Å². The topological polar surface area (TPSA) is 72.8 Å². The summed E-state index contributed by atoms with van der Waals surface area (Å²) in [7, 11) is 0. The first-order chi connectivity index (χ1) is 8.66. The fourth-order valence-corrected chi connectivity index (χ4v) is 2.02. The monoisotopic (exact) mass is 250 g/mol. The first-order valence-electron chi connectivity index (χ1n) is 6.17. The molecule has 18 heavy (non-hydrogen) atoms. The van der Waals surface area contributed by atoms with E-state index in [1.807, 2.05) is 24.3 Å². The van der Waals surface area contributed by atoms with Gasteiger partial charge in [-0.05, 0) is 37.0 Å². The maximum Gasteiger partial charge on any atom is 0.332 e. The number of carboxylic acids is 1. The van der Waals surface area contributed by atoms with E-state index in [1.165, 1.54) is 0 Å². The lowest BCUT2D eigenvalue weighted by molar-refractivity contribution is -0.146. The third kappa shape index (κ3) is 3.21. The van der Waals surface area contributed by atoms with Crippen LogP contribution in [0.1, 0.15) is 18.4 Å². The summed E-state index contributed by atoms with van der Waals surface area (Å²) in [4.78, 5) is 10.5. The summed E-state index contributed by atoms with van der Waals surface area (Å²) in [6, 6.07) is 7.98. The van der Waals surface area contributed by atoms with E-state index in [0.717, 1.165) is 30.8 Å². The molecule has 1 aliphatic rings. The SMILES string of the molecule is O=C(O)C(O)CCc1ccc(N2CCCN2)cc1. The van der Waals surface area contributed by atoms with E-state index in [0.29, 0.717) is 6.42 Å². The first kappa shape index (κ1) is 12.9. The molecule has 1 aromatic rings. The van der Waals surface area contributed by atoms with E-state index in [1.54, 1.807) is 0 Å². The van der Waals surface area contributed by atoms with E-state index in [4.69, 9.17) is 5.11 Å². The lowest BCUT2D eigenvalue weighted by Gasteiger charge is -2.18. The molecule has 1 heterocycles. The highest BCUT2D eigenvalue weighted by atomic mass is 16.4. The van der Waals surface area contributed by atoms with Gasteiger partial charge >= 0.3 is 5.97 Å². The van der Waals surface area contributed by atoms with Gasteiger partial charge in [-0.25, -0.2) is 10.2 Å². The van der Waals surface area contributed by atoms with Crippen molar-refractivity contribution in [3.63, 3.8) is 0 Å². The summed E-state index contributed by atoms with van der Waals surface area (Å²) < 4.78 is 0. The minimum atomic E-state index is -1.27. The van der Waals surface area contributed by atoms with Gasteiger partial charge in [-0.3, -0.25) is 0 Å². The third-order valence-electron chi connectivity index (χ3n) is 3.10. The largest absolute Gasteiger partial charge is 0.479 e. The van der Waals surface area contributed by atoms with Crippen LogP contribution in [0, 0.1) is 0 Å². The second-order valence-corrected chi connectivity index (χ2v) is 4.47. The van der Waals surface area contributed by atoms with Crippen molar-refractivity contribution in [2.45, 2.75) is 25.4 Å². The zero-order chi connectivity index (χ0) is 13.0. The lowest BCUT2D eigenvalue weighted by atomic mass is 10.1. The quantitative estimate of drug-likeness (QED) is 0.720. The number of carboxylic acid groups (broad SMARTS) is 1. The van der Waals surface area contributed by atoms with Crippen LogP contribution in [0.5, 0.6) is 0 Å². The number of aliphatic carboxylic acids is 1. The zero-order valence-electron chi connectivity index (χ0n) is 10.2. The molecule has 0 aliphatic carbocycles. The Bertz CT molecular complexity index is 399. The fourth-order valence-electron chi connectivity index (χ4n) is 2.02. The molecule has 1 atom stereocenters. The molecular formula is C13H18N2O3. The number of anilines is 1. The molecule has 3 N–H and O–H groups in total.